The Kier molecular flexibility index (Phi) is 5.53. The Morgan fingerprint density at radius 3 is 2.69 bits per heavy atom. The molecule has 0 aliphatic heterocycles. The van der Waals surface area contributed by atoms with Crippen molar-refractivity contribution in [3.63, 3.8) is 0 Å². The van der Waals surface area contributed by atoms with Crippen LogP contribution in [-0.4, -0.2) is 17.9 Å². The van der Waals surface area contributed by atoms with Gasteiger partial charge >= 0.3 is 0 Å². The molecule has 3 heteroatoms. The molecule has 0 aliphatic rings. The lowest BCUT2D eigenvalue weighted by Crippen LogP contribution is -2.25. The van der Waals surface area contributed by atoms with Crippen LogP contribution in [0, 0.1) is 0 Å². The van der Waals surface area contributed by atoms with Crippen LogP contribution in [-0.2, 0) is 11.3 Å². The molecule has 1 rings (SSSR count). The summed E-state index contributed by atoms with van der Waals surface area (Å²) in [6.07, 6.45) is 2.69. The summed E-state index contributed by atoms with van der Waals surface area (Å²) in [5.41, 5.74) is 1.15. The summed E-state index contributed by atoms with van der Waals surface area (Å²) < 4.78 is 1.06. The third kappa shape index (κ3) is 3.97. The van der Waals surface area contributed by atoms with E-state index in [4.69, 9.17) is 0 Å². The van der Waals surface area contributed by atoms with Gasteiger partial charge in [-0.2, -0.15) is 0 Å². The maximum atomic E-state index is 11.7. The van der Waals surface area contributed by atoms with Gasteiger partial charge in [-0.25, -0.2) is 0 Å². The minimum Gasteiger partial charge on any atom is -0.341 e. The third-order valence-corrected chi connectivity index (χ3v) is 3.31. The van der Waals surface area contributed by atoms with Crippen molar-refractivity contribution in [2.24, 2.45) is 0 Å². The van der Waals surface area contributed by atoms with Crippen LogP contribution in [0.1, 0.15) is 31.7 Å². The number of rotatable bonds is 5. The van der Waals surface area contributed by atoms with Gasteiger partial charge in [0.2, 0.25) is 5.91 Å². The van der Waals surface area contributed by atoms with Crippen LogP contribution >= 0.6 is 15.9 Å². The molecule has 88 valence electrons. The van der Waals surface area contributed by atoms with E-state index >= 15 is 0 Å². The normalized spacial score (nSPS) is 10.2. The van der Waals surface area contributed by atoms with Crippen molar-refractivity contribution < 1.29 is 4.79 Å². The molecule has 16 heavy (non-hydrogen) atoms. The van der Waals surface area contributed by atoms with E-state index in [1.165, 1.54) is 0 Å². The first-order valence-corrected chi connectivity index (χ1v) is 6.41. The molecule has 0 bridgehead atoms. The molecule has 0 fully saturated rings. The second-order valence-corrected chi connectivity index (χ2v) is 4.80. The molecule has 1 aromatic rings. The van der Waals surface area contributed by atoms with Crippen LogP contribution in [0.2, 0.25) is 0 Å². The van der Waals surface area contributed by atoms with Crippen molar-refractivity contribution in [3.8, 4) is 0 Å². The summed E-state index contributed by atoms with van der Waals surface area (Å²) in [7, 11) is 1.86. The molecular weight excluding hydrogens is 266 g/mol. The molecule has 0 saturated carbocycles. The fraction of sp³-hybridized carbons (Fsp3) is 0.462. The van der Waals surface area contributed by atoms with Crippen LogP contribution in [0.4, 0.5) is 0 Å². The van der Waals surface area contributed by atoms with Gasteiger partial charge in [-0.05, 0) is 18.1 Å². The summed E-state index contributed by atoms with van der Waals surface area (Å²) >= 11 is 3.49. The van der Waals surface area contributed by atoms with Crippen molar-refractivity contribution in [1.82, 2.24) is 4.90 Å². The first-order valence-electron chi connectivity index (χ1n) is 5.62. The number of amides is 1. The molecule has 0 spiro atoms. The van der Waals surface area contributed by atoms with E-state index in [0.717, 1.165) is 22.9 Å². The van der Waals surface area contributed by atoms with E-state index in [9.17, 15) is 4.79 Å². The number of hydrogen-bond acceptors (Lipinski definition) is 1. The molecule has 0 saturated heterocycles. The highest BCUT2D eigenvalue weighted by Crippen LogP contribution is 2.17. The van der Waals surface area contributed by atoms with E-state index < -0.39 is 0 Å². The molecule has 2 nitrogen and oxygen atoms in total. The second kappa shape index (κ2) is 6.69. The number of halogens is 1. The van der Waals surface area contributed by atoms with E-state index in [0.29, 0.717) is 13.0 Å². The second-order valence-electron chi connectivity index (χ2n) is 3.94. The maximum absolute atomic E-state index is 11.7. The van der Waals surface area contributed by atoms with Gasteiger partial charge in [-0.15, -0.1) is 0 Å². The molecular formula is C13H18BrNO. The van der Waals surface area contributed by atoms with Gasteiger partial charge in [0, 0.05) is 24.5 Å². The van der Waals surface area contributed by atoms with Crippen molar-refractivity contribution in [1.29, 1.82) is 0 Å². The SMILES string of the molecule is CCCCC(=O)N(C)Cc1ccccc1Br. The van der Waals surface area contributed by atoms with E-state index in [-0.39, 0.29) is 5.91 Å². The smallest absolute Gasteiger partial charge is 0.222 e. The van der Waals surface area contributed by atoms with Gasteiger partial charge in [0.1, 0.15) is 0 Å². The molecule has 0 heterocycles. The highest BCUT2D eigenvalue weighted by atomic mass is 79.9. The molecule has 0 radical (unpaired) electrons. The first-order chi connectivity index (χ1) is 7.65. The number of nitrogens with zero attached hydrogens (tertiary/aromatic N) is 1. The minimum absolute atomic E-state index is 0.220. The quantitative estimate of drug-likeness (QED) is 0.809. The Bertz CT molecular complexity index is 352. The predicted octanol–water partition coefficient (Wildman–Crippen LogP) is 3.60. The Balaban J connectivity index is 2.54. The molecule has 0 unspecified atom stereocenters. The van der Waals surface area contributed by atoms with E-state index in [1.54, 1.807) is 4.90 Å². The number of carbonyl (C=O) groups excluding carboxylic acids is 1. The summed E-state index contributed by atoms with van der Waals surface area (Å²) in [6, 6.07) is 8.00. The van der Waals surface area contributed by atoms with Gasteiger partial charge < -0.3 is 4.90 Å². The predicted molar refractivity (Wildman–Crippen MR) is 70.1 cm³/mol. The highest BCUT2D eigenvalue weighted by Gasteiger charge is 2.09. The first kappa shape index (κ1) is 13.2. The van der Waals surface area contributed by atoms with Gasteiger partial charge in [-0.1, -0.05) is 47.5 Å². The van der Waals surface area contributed by atoms with Crippen LogP contribution in [0.5, 0.6) is 0 Å². The van der Waals surface area contributed by atoms with Crippen LogP contribution in [0.15, 0.2) is 28.7 Å². The third-order valence-electron chi connectivity index (χ3n) is 2.54. The lowest BCUT2D eigenvalue weighted by molar-refractivity contribution is -0.130. The van der Waals surface area contributed by atoms with Crippen molar-refractivity contribution >= 4 is 21.8 Å². The van der Waals surface area contributed by atoms with Crippen molar-refractivity contribution in [2.45, 2.75) is 32.7 Å². The standard InChI is InChI=1S/C13H18BrNO/c1-3-4-9-13(16)15(2)10-11-7-5-6-8-12(11)14/h5-8H,3-4,9-10H2,1-2H3. The maximum Gasteiger partial charge on any atom is 0.222 e. The Morgan fingerprint density at radius 1 is 1.38 bits per heavy atom. The molecule has 0 aliphatic carbocycles. The monoisotopic (exact) mass is 283 g/mol. The highest BCUT2D eigenvalue weighted by molar-refractivity contribution is 9.10. The Hall–Kier alpha value is -0.830. The zero-order valence-corrected chi connectivity index (χ0v) is 11.5. The zero-order chi connectivity index (χ0) is 12.0. The fourth-order valence-corrected chi connectivity index (χ4v) is 1.90. The van der Waals surface area contributed by atoms with Crippen molar-refractivity contribution in [2.75, 3.05) is 7.05 Å². The summed E-state index contributed by atoms with van der Waals surface area (Å²) in [5.74, 6) is 0.220. The Morgan fingerprint density at radius 2 is 2.06 bits per heavy atom. The van der Waals surface area contributed by atoms with Crippen LogP contribution < -0.4 is 0 Å². The summed E-state index contributed by atoms with van der Waals surface area (Å²) in [4.78, 5) is 13.5. The molecule has 1 amide bonds. The number of unbranched alkanes of at least 4 members (excludes halogenated alkanes) is 1. The average Bonchev–Trinajstić information content (AvgIpc) is 2.28. The fourth-order valence-electron chi connectivity index (χ4n) is 1.49. The molecule has 0 atom stereocenters. The molecule has 0 N–H and O–H groups in total. The molecule has 0 aromatic heterocycles. The molecule has 1 aromatic carbocycles. The topological polar surface area (TPSA) is 20.3 Å². The van der Waals surface area contributed by atoms with E-state index in [2.05, 4.69) is 22.9 Å². The lowest BCUT2D eigenvalue weighted by Gasteiger charge is -2.17. The Labute approximate surface area is 106 Å². The van der Waals surface area contributed by atoms with Crippen LogP contribution in [0.3, 0.4) is 0 Å². The summed E-state index contributed by atoms with van der Waals surface area (Å²) in [5, 5.41) is 0. The largest absolute Gasteiger partial charge is 0.341 e. The zero-order valence-electron chi connectivity index (χ0n) is 9.87. The van der Waals surface area contributed by atoms with Crippen LogP contribution in [0.25, 0.3) is 0 Å². The van der Waals surface area contributed by atoms with Gasteiger partial charge in [0.05, 0.1) is 0 Å². The number of carbonyl (C=O) groups is 1. The number of benzene rings is 1. The van der Waals surface area contributed by atoms with Gasteiger partial charge in [-0.3, -0.25) is 4.79 Å². The lowest BCUT2D eigenvalue weighted by atomic mass is 10.2. The van der Waals surface area contributed by atoms with Gasteiger partial charge in [0.15, 0.2) is 0 Å². The average molecular weight is 284 g/mol. The number of hydrogen-bond donors (Lipinski definition) is 0. The van der Waals surface area contributed by atoms with Gasteiger partial charge in [0.25, 0.3) is 0 Å². The minimum atomic E-state index is 0.220. The van der Waals surface area contributed by atoms with Crippen molar-refractivity contribution in [3.05, 3.63) is 34.3 Å². The van der Waals surface area contributed by atoms with E-state index in [1.807, 2.05) is 31.3 Å². The summed E-state index contributed by atoms with van der Waals surface area (Å²) in [6.45, 7) is 2.77.